The Morgan fingerprint density at radius 3 is 1.97 bits per heavy atom. The fourth-order valence-electron chi connectivity index (χ4n) is 3.35. The number of carbonyl (C=O) groups excluding carboxylic acids is 2. The van der Waals surface area contributed by atoms with Crippen LogP contribution in [0.25, 0.3) is 0 Å². The van der Waals surface area contributed by atoms with E-state index >= 15 is 0 Å². The zero-order valence-electron chi connectivity index (χ0n) is 19.1. The third kappa shape index (κ3) is 7.63. The van der Waals surface area contributed by atoms with E-state index in [-0.39, 0.29) is 38.1 Å². The van der Waals surface area contributed by atoms with Crippen molar-refractivity contribution < 1.29 is 28.2 Å². The van der Waals surface area contributed by atoms with E-state index in [0.717, 1.165) is 24.0 Å². The second-order valence-corrected chi connectivity index (χ2v) is 9.89. The van der Waals surface area contributed by atoms with Gasteiger partial charge >= 0.3 is 19.6 Å². The quantitative estimate of drug-likeness (QED) is 0.339. The van der Waals surface area contributed by atoms with Crippen molar-refractivity contribution in [3.05, 3.63) is 29.3 Å². The first-order valence-electron chi connectivity index (χ1n) is 10.9. The molecule has 0 aliphatic heterocycles. The molecule has 0 saturated heterocycles. The summed E-state index contributed by atoms with van der Waals surface area (Å²) < 4.78 is 29.6. The van der Waals surface area contributed by atoms with Crippen LogP contribution in [0.15, 0.2) is 18.2 Å². The highest BCUT2D eigenvalue weighted by Gasteiger charge is 2.34. The lowest BCUT2D eigenvalue weighted by molar-refractivity contribution is -0.142. The number of carbonyl (C=O) groups is 2. The van der Waals surface area contributed by atoms with Gasteiger partial charge in [-0.2, -0.15) is 0 Å². The molecule has 0 heterocycles. The molecule has 0 aromatic heterocycles. The largest absolute Gasteiger partial charge is 0.465 e. The van der Waals surface area contributed by atoms with E-state index in [0.29, 0.717) is 11.7 Å². The topological polar surface area (TPSA) is 103 Å². The molecule has 174 valence electrons. The molecule has 1 aliphatic rings. The summed E-state index contributed by atoms with van der Waals surface area (Å²) >= 11 is 0. The van der Waals surface area contributed by atoms with Crippen LogP contribution in [0.2, 0.25) is 0 Å². The van der Waals surface area contributed by atoms with Crippen LogP contribution in [-0.4, -0.2) is 38.2 Å². The number of ether oxygens (including phenoxy) is 2. The van der Waals surface area contributed by atoms with Gasteiger partial charge in [-0.05, 0) is 55.6 Å². The van der Waals surface area contributed by atoms with Crippen molar-refractivity contribution in [2.45, 2.75) is 59.3 Å². The van der Waals surface area contributed by atoms with Gasteiger partial charge in [0.2, 0.25) is 0 Å². The van der Waals surface area contributed by atoms with Crippen LogP contribution >= 0.6 is 7.67 Å². The highest BCUT2D eigenvalue weighted by molar-refractivity contribution is 7.55. The molecule has 1 unspecified atom stereocenters. The fourth-order valence-corrected chi connectivity index (χ4v) is 4.74. The molecule has 1 fully saturated rings. The first-order chi connectivity index (χ1) is 14.7. The Morgan fingerprint density at radius 1 is 1.00 bits per heavy atom. The second-order valence-electron chi connectivity index (χ2n) is 7.97. The molecule has 2 N–H and O–H groups in total. The van der Waals surface area contributed by atoms with Gasteiger partial charge in [0.15, 0.2) is 0 Å². The van der Waals surface area contributed by atoms with Crippen molar-refractivity contribution in [3.8, 4) is 5.75 Å². The zero-order valence-corrected chi connectivity index (χ0v) is 20.0. The van der Waals surface area contributed by atoms with Crippen LogP contribution in [0.1, 0.15) is 70.4 Å². The summed E-state index contributed by atoms with van der Waals surface area (Å²) in [5.41, 5.74) is 1.89. The second kappa shape index (κ2) is 11.7. The highest BCUT2D eigenvalue weighted by atomic mass is 31.2. The monoisotopic (exact) mass is 454 g/mol. The van der Waals surface area contributed by atoms with Gasteiger partial charge in [-0.15, -0.1) is 0 Å². The van der Waals surface area contributed by atoms with E-state index in [1.807, 2.05) is 32.0 Å². The standard InChI is InChI=1S/C22H35N2O6P/c1-6-28-20(25)13-23-31(27,24-14-21(26)29-7-2)30-22-18(15(3)4)9-8-10-19(22)16(5)17-11-12-17/h8-10,15-17H,6-7,11-14H2,1-5H3,(H2,23,24,27). The Morgan fingerprint density at radius 2 is 1.52 bits per heavy atom. The Hall–Kier alpha value is -1.89. The summed E-state index contributed by atoms with van der Waals surface area (Å²) in [7, 11) is -3.84. The van der Waals surface area contributed by atoms with Crippen molar-refractivity contribution in [3.63, 3.8) is 0 Å². The molecule has 1 atom stereocenters. The van der Waals surface area contributed by atoms with Crippen LogP contribution in [-0.2, 0) is 23.6 Å². The van der Waals surface area contributed by atoms with E-state index < -0.39 is 19.6 Å². The number of hydrogen-bond acceptors (Lipinski definition) is 6. The van der Waals surface area contributed by atoms with Gasteiger partial charge in [-0.3, -0.25) is 9.59 Å². The Kier molecular flexibility index (Phi) is 9.54. The van der Waals surface area contributed by atoms with Gasteiger partial charge in [0.1, 0.15) is 18.8 Å². The lowest BCUT2D eigenvalue weighted by Crippen LogP contribution is -2.34. The van der Waals surface area contributed by atoms with Crippen molar-refractivity contribution in [1.29, 1.82) is 0 Å². The predicted molar refractivity (Wildman–Crippen MR) is 119 cm³/mol. The minimum absolute atomic E-state index is 0.130. The molecule has 0 bridgehead atoms. The molecular formula is C22H35N2O6P. The molecule has 1 aromatic carbocycles. The first kappa shape index (κ1) is 25.4. The summed E-state index contributed by atoms with van der Waals surface area (Å²) in [4.78, 5) is 23.7. The van der Waals surface area contributed by atoms with Gasteiger partial charge in [0.05, 0.1) is 13.2 Å². The maximum absolute atomic E-state index is 13.7. The van der Waals surface area contributed by atoms with Crippen molar-refractivity contribution in [2.75, 3.05) is 26.3 Å². The molecular weight excluding hydrogens is 419 g/mol. The number of esters is 2. The SMILES string of the molecule is CCOC(=O)CNP(=O)(NCC(=O)OCC)Oc1c(C(C)C)cccc1C(C)C1CC1. The molecule has 8 nitrogen and oxygen atoms in total. The highest BCUT2D eigenvalue weighted by Crippen LogP contribution is 2.50. The molecule has 1 saturated carbocycles. The number of benzene rings is 1. The maximum atomic E-state index is 13.7. The number of nitrogens with one attached hydrogen (secondary N) is 2. The van der Waals surface area contributed by atoms with Crippen molar-refractivity contribution in [2.24, 2.45) is 5.92 Å². The van der Waals surface area contributed by atoms with E-state index in [2.05, 4.69) is 17.1 Å². The average Bonchev–Trinajstić information content (AvgIpc) is 3.56. The Balaban J connectivity index is 2.33. The van der Waals surface area contributed by atoms with Crippen LogP contribution in [0.4, 0.5) is 0 Å². The van der Waals surface area contributed by atoms with Crippen LogP contribution in [0.5, 0.6) is 5.75 Å². The molecule has 31 heavy (non-hydrogen) atoms. The molecule has 0 spiro atoms. The van der Waals surface area contributed by atoms with E-state index in [1.165, 1.54) is 0 Å². The number of hydrogen-bond donors (Lipinski definition) is 2. The number of para-hydroxylation sites is 1. The zero-order chi connectivity index (χ0) is 23.0. The van der Waals surface area contributed by atoms with Crippen LogP contribution in [0, 0.1) is 5.92 Å². The third-order valence-corrected chi connectivity index (χ3v) is 6.80. The summed E-state index contributed by atoms with van der Waals surface area (Å²) in [6, 6.07) is 5.93. The Bertz CT molecular complexity index is 783. The minimum Gasteiger partial charge on any atom is -0.465 e. The summed E-state index contributed by atoms with van der Waals surface area (Å²) in [6.45, 7) is 9.38. The Labute approximate surface area is 185 Å². The third-order valence-electron chi connectivity index (χ3n) is 5.21. The average molecular weight is 455 g/mol. The van der Waals surface area contributed by atoms with Gasteiger partial charge in [0, 0.05) is 0 Å². The first-order valence-corrected chi connectivity index (χ1v) is 12.6. The molecule has 9 heteroatoms. The molecule has 0 radical (unpaired) electrons. The predicted octanol–water partition coefficient (Wildman–Crippen LogP) is 4.12. The molecule has 2 rings (SSSR count). The molecule has 0 amide bonds. The number of rotatable bonds is 13. The summed E-state index contributed by atoms with van der Waals surface area (Å²) in [5.74, 6) is 0.361. The van der Waals surface area contributed by atoms with Crippen molar-refractivity contribution in [1.82, 2.24) is 10.2 Å². The van der Waals surface area contributed by atoms with Gasteiger partial charge in [-0.25, -0.2) is 14.7 Å². The maximum Gasteiger partial charge on any atom is 0.391 e. The normalized spacial score (nSPS) is 14.9. The van der Waals surface area contributed by atoms with Gasteiger partial charge < -0.3 is 14.0 Å². The lowest BCUT2D eigenvalue weighted by atomic mass is 9.90. The molecule has 1 aliphatic carbocycles. The smallest absolute Gasteiger partial charge is 0.391 e. The van der Waals surface area contributed by atoms with Crippen LogP contribution < -0.4 is 14.7 Å². The van der Waals surface area contributed by atoms with Gasteiger partial charge in [-0.1, -0.05) is 39.0 Å². The lowest BCUT2D eigenvalue weighted by Gasteiger charge is -2.26. The van der Waals surface area contributed by atoms with E-state index in [1.54, 1.807) is 13.8 Å². The molecule has 1 aromatic rings. The van der Waals surface area contributed by atoms with E-state index in [4.69, 9.17) is 14.0 Å². The van der Waals surface area contributed by atoms with Crippen LogP contribution in [0.3, 0.4) is 0 Å². The summed E-state index contributed by atoms with van der Waals surface area (Å²) in [6.07, 6.45) is 2.32. The summed E-state index contributed by atoms with van der Waals surface area (Å²) in [5, 5.41) is 5.29. The minimum atomic E-state index is -3.84. The fraction of sp³-hybridized carbons (Fsp3) is 0.636. The van der Waals surface area contributed by atoms with Crippen molar-refractivity contribution >= 4 is 19.6 Å². The van der Waals surface area contributed by atoms with Gasteiger partial charge in [0.25, 0.3) is 0 Å². The van der Waals surface area contributed by atoms with E-state index in [9.17, 15) is 14.2 Å².